The maximum atomic E-state index is 11.7. The van der Waals surface area contributed by atoms with Crippen molar-refractivity contribution in [2.45, 2.75) is 19.3 Å². The third-order valence-electron chi connectivity index (χ3n) is 2.99. The molecule has 4 nitrogen and oxygen atoms in total. The van der Waals surface area contributed by atoms with Gasteiger partial charge >= 0.3 is 0 Å². The Kier molecular flexibility index (Phi) is 3.43. The van der Waals surface area contributed by atoms with Gasteiger partial charge in [-0.05, 0) is 25.8 Å². The Labute approximate surface area is 91.4 Å². The van der Waals surface area contributed by atoms with Gasteiger partial charge in [0.15, 0.2) is 0 Å². The van der Waals surface area contributed by atoms with E-state index in [2.05, 4.69) is 11.4 Å². The van der Waals surface area contributed by atoms with Crippen LogP contribution in [0.3, 0.4) is 0 Å². The molecule has 0 aromatic carbocycles. The number of hydrogen-bond donors (Lipinski definition) is 1. The molecule has 0 aromatic rings. The van der Waals surface area contributed by atoms with E-state index in [0.717, 1.165) is 32.4 Å². The summed E-state index contributed by atoms with van der Waals surface area (Å²) in [6.07, 6.45) is 4.92. The molecule has 0 unspecified atom stereocenters. The average Bonchev–Trinajstić information content (AvgIpc) is 2.23. The second kappa shape index (κ2) is 4.63. The van der Waals surface area contributed by atoms with E-state index in [9.17, 15) is 8.42 Å². The highest BCUT2D eigenvalue weighted by Gasteiger charge is 2.26. The topological polar surface area (TPSA) is 49.4 Å². The summed E-state index contributed by atoms with van der Waals surface area (Å²) < 4.78 is 25.1. The highest BCUT2D eigenvalue weighted by molar-refractivity contribution is 7.89. The van der Waals surface area contributed by atoms with Crippen LogP contribution in [0.25, 0.3) is 0 Å². The van der Waals surface area contributed by atoms with Gasteiger partial charge < -0.3 is 5.32 Å². The first-order valence-corrected chi connectivity index (χ1v) is 7.16. The Morgan fingerprint density at radius 2 is 2.27 bits per heavy atom. The van der Waals surface area contributed by atoms with Crippen LogP contribution in [-0.4, -0.2) is 44.7 Å². The van der Waals surface area contributed by atoms with Crippen LogP contribution in [-0.2, 0) is 10.0 Å². The average molecular weight is 230 g/mol. The van der Waals surface area contributed by atoms with Crippen LogP contribution in [0.5, 0.6) is 0 Å². The molecule has 0 saturated carbocycles. The summed E-state index contributed by atoms with van der Waals surface area (Å²) >= 11 is 0. The van der Waals surface area contributed by atoms with Gasteiger partial charge in [0.2, 0.25) is 10.0 Å². The fourth-order valence-corrected chi connectivity index (χ4v) is 3.65. The van der Waals surface area contributed by atoms with Crippen molar-refractivity contribution in [3.8, 4) is 0 Å². The molecule has 0 aliphatic carbocycles. The Hall–Kier alpha value is -0.390. The van der Waals surface area contributed by atoms with Crippen LogP contribution in [0.1, 0.15) is 19.3 Å². The third kappa shape index (κ3) is 2.80. The van der Waals surface area contributed by atoms with Gasteiger partial charge in [-0.1, -0.05) is 11.6 Å². The van der Waals surface area contributed by atoms with Crippen molar-refractivity contribution in [2.75, 3.05) is 31.9 Å². The molecular weight excluding hydrogens is 212 g/mol. The molecule has 5 heteroatoms. The standard InChI is InChI=1S/C10H18N2O2S/c13-15(14)8-2-1-7-12(15)9-10-3-5-11-6-4-10/h3,11H,1-2,4-9H2. The molecule has 15 heavy (non-hydrogen) atoms. The maximum Gasteiger partial charge on any atom is 0.214 e. The summed E-state index contributed by atoms with van der Waals surface area (Å²) in [4.78, 5) is 0. The van der Waals surface area contributed by atoms with Crippen LogP contribution < -0.4 is 5.32 Å². The molecule has 2 aliphatic heterocycles. The lowest BCUT2D eigenvalue weighted by Crippen LogP contribution is -2.39. The van der Waals surface area contributed by atoms with E-state index in [1.807, 2.05) is 0 Å². The molecular formula is C10H18N2O2S. The molecule has 0 amide bonds. The van der Waals surface area contributed by atoms with E-state index in [0.29, 0.717) is 18.8 Å². The minimum absolute atomic E-state index is 0.332. The Morgan fingerprint density at radius 1 is 1.40 bits per heavy atom. The molecule has 2 heterocycles. The van der Waals surface area contributed by atoms with Crippen molar-refractivity contribution in [3.63, 3.8) is 0 Å². The first kappa shape index (κ1) is 11.1. The fraction of sp³-hybridized carbons (Fsp3) is 0.800. The zero-order valence-corrected chi connectivity index (χ0v) is 9.72. The molecule has 0 atom stereocenters. The van der Waals surface area contributed by atoms with Crippen LogP contribution in [0.4, 0.5) is 0 Å². The molecule has 0 aromatic heterocycles. The smallest absolute Gasteiger partial charge is 0.214 e. The van der Waals surface area contributed by atoms with Crippen molar-refractivity contribution in [1.29, 1.82) is 0 Å². The Morgan fingerprint density at radius 3 is 2.93 bits per heavy atom. The van der Waals surface area contributed by atoms with Gasteiger partial charge in [0.05, 0.1) is 5.75 Å². The third-order valence-corrected chi connectivity index (χ3v) is 4.89. The van der Waals surface area contributed by atoms with Crippen molar-refractivity contribution >= 4 is 10.0 Å². The van der Waals surface area contributed by atoms with Gasteiger partial charge in [0.25, 0.3) is 0 Å². The lowest BCUT2D eigenvalue weighted by molar-refractivity contribution is 0.399. The van der Waals surface area contributed by atoms with E-state index in [4.69, 9.17) is 0 Å². The Bertz CT molecular complexity index is 348. The first-order valence-electron chi connectivity index (χ1n) is 5.55. The highest BCUT2D eigenvalue weighted by Crippen LogP contribution is 2.17. The minimum Gasteiger partial charge on any atom is -0.313 e. The van der Waals surface area contributed by atoms with E-state index in [-0.39, 0.29) is 0 Å². The van der Waals surface area contributed by atoms with Crippen LogP contribution in [0, 0.1) is 0 Å². The monoisotopic (exact) mass is 230 g/mol. The van der Waals surface area contributed by atoms with Crippen LogP contribution in [0.2, 0.25) is 0 Å². The van der Waals surface area contributed by atoms with E-state index in [1.54, 1.807) is 4.31 Å². The van der Waals surface area contributed by atoms with Gasteiger partial charge in [0, 0.05) is 19.6 Å². The fourth-order valence-electron chi connectivity index (χ4n) is 2.06. The number of sulfonamides is 1. The van der Waals surface area contributed by atoms with Crippen LogP contribution >= 0.6 is 0 Å². The number of nitrogens with one attached hydrogen (secondary N) is 1. The number of nitrogens with zero attached hydrogens (tertiary/aromatic N) is 1. The van der Waals surface area contributed by atoms with E-state index < -0.39 is 10.0 Å². The zero-order chi connectivity index (χ0) is 10.7. The molecule has 1 fully saturated rings. The van der Waals surface area contributed by atoms with Crippen molar-refractivity contribution < 1.29 is 8.42 Å². The maximum absolute atomic E-state index is 11.7. The van der Waals surface area contributed by atoms with E-state index in [1.165, 1.54) is 5.57 Å². The molecule has 1 N–H and O–H groups in total. The Balaban J connectivity index is 2.00. The molecule has 2 rings (SSSR count). The van der Waals surface area contributed by atoms with Gasteiger partial charge in [0.1, 0.15) is 0 Å². The van der Waals surface area contributed by atoms with Gasteiger partial charge in [-0.3, -0.25) is 0 Å². The van der Waals surface area contributed by atoms with Gasteiger partial charge in [-0.25, -0.2) is 8.42 Å². The second-order valence-corrected chi connectivity index (χ2v) is 6.26. The highest BCUT2D eigenvalue weighted by atomic mass is 32.2. The molecule has 1 saturated heterocycles. The summed E-state index contributed by atoms with van der Waals surface area (Å²) in [6.45, 7) is 3.17. The van der Waals surface area contributed by atoms with Crippen molar-refractivity contribution in [2.24, 2.45) is 0 Å². The lowest BCUT2D eigenvalue weighted by atomic mass is 10.1. The largest absolute Gasteiger partial charge is 0.313 e. The van der Waals surface area contributed by atoms with E-state index >= 15 is 0 Å². The zero-order valence-electron chi connectivity index (χ0n) is 8.91. The summed E-state index contributed by atoms with van der Waals surface area (Å²) in [6, 6.07) is 0. The number of hydrogen-bond acceptors (Lipinski definition) is 3. The quantitative estimate of drug-likeness (QED) is 0.696. The minimum atomic E-state index is -2.95. The predicted molar refractivity (Wildman–Crippen MR) is 60.2 cm³/mol. The van der Waals surface area contributed by atoms with Crippen LogP contribution in [0.15, 0.2) is 11.6 Å². The molecule has 0 radical (unpaired) electrons. The molecule has 2 aliphatic rings. The normalized spacial score (nSPS) is 27.3. The lowest BCUT2D eigenvalue weighted by Gasteiger charge is -2.28. The van der Waals surface area contributed by atoms with Crippen molar-refractivity contribution in [1.82, 2.24) is 9.62 Å². The van der Waals surface area contributed by atoms with Gasteiger partial charge in [-0.15, -0.1) is 0 Å². The SMILES string of the molecule is O=S1(=O)CCCCN1CC1=CCNCC1. The summed E-state index contributed by atoms with van der Waals surface area (Å²) in [5.41, 5.74) is 1.26. The molecule has 0 bridgehead atoms. The number of rotatable bonds is 2. The van der Waals surface area contributed by atoms with Crippen molar-refractivity contribution in [3.05, 3.63) is 11.6 Å². The summed E-state index contributed by atoms with van der Waals surface area (Å²) in [5, 5.41) is 3.23. The molecule has 0 spiro atoms. The first-order chi connectivity index (χ1) is 7.18. The second-order valence-electron chi connectivity index (χ2n) is 4.17. The predicted octanol–water partition coefficient (Wildman–Crippen LogP) is 0.332. The molecule has 86 valence electrons. The summed E-state index contributed by atoms with van der Waals surface area (Å²) in [7, 11) is -2.95. The van der Waals surface area contributed by atoms with Gasteiger partial charge in [-0.2, -0.15) is 4.31 Å². The summed E-state index contributed by atoms with van der Waals surface area (Å²) in [5.74, 6) is 0.332.